The summed E-state index contributed by atoms with van der Waals surface area (Å²) in [5.41, 5.74) is 0.0573. The predicted octanol–water partition coefficient (Wildman–Crippen LogP) is 3.61. The zero-order chi connectivity index (χ0) is 16.4. The first-order valence-electron chi connectivity index (χ1n) is 7.18. The van der Waals surface area contributed by atoms with Gasteiger partial charge in [-0.05, 0) is 11.6 Å². The second kappa shape index (κ2) is 5.94. The Morgan fingerprint density at radius 3 is 2.39 bits per heavy atom. The third-order valence-electron chi connectivity index (χ3n) is 3.84. The van der Waals surface area contributed by atoms with E-state index in [1.54, 1.807) is 41.3 Å². The molecule has 118 valence electrons. The van der Waals surface area contributed by atoms with Crippen LogP contribution in [-0.2, 0) is 6.18 Å². The Labute approximate surface area is 132 Å². The van der Waals surface area contributed by atoms with Gasteiger partial charge in [0.25, 0.3) is 0 Å². The normalized spacial score (nSPS) is 14.8. The molecule has 1 aliphatic rings. The molecule has 0 spiro atoms. The van der Waals surface area contributed by atoms with Crippen molar-refractivity contribution in [1.29, 1.82) is 5.26 Å². The van der Waals surface area contributed by atoms with Gasteiger partial charge in [-0.25, -0.2) is 0 Å². The number of benzene rings is 2. The smallest absolute Gasteiger partial charge is 0.356 e. The van der Waals surface area contributed by atoms with Crippen molar-refractivity contribution >= 4 is 5.69 Å². The van der Waals surface area contributed by atoms with Crippen molar-refractivity contribution in [2.45, 2.75) is 6.18 Å². The van der Waals surface area contributed by atoms with Gasteiger partial charge in [-0.3, -0.25) is 5.32 Å². The molecule has 2 aromatic rings. The third kappa shape index (κ3) is 2.88. The minimum absolute atomic E-state index is 0.0766. The van der Waals surface area contributed by atoms with Crippen molar-refractivity contribution in [2.75, 3.05) is 24.7 Å². The standard InChI is InChI=1S/C17H14F3N3/c18-17(19,20)15-13(10-21)6-7-14(12-4-2-1-3-5-12)16(15)23-9-8-22-11-23/h1-7,22H,8-9,11H2. The van der Waals surface area contributed by atoms with Crippen LogP contribution >= 0.6 is 0 Å². The van der Waals surface area contributed by atoms with E-state index in [0.717, 1.165) is 0 Å². The van der Waals surface area contributed by atoms with Gasteiger partial charge < -0.3 is 4.90 Å². The Bertz CT molecular complexity index is 742. The average Bonchev–Trinajstić information content (AvgIpc) is 3.07. The Hall–Kier alpha value is -2.52. The SMILES string of the molecule is N#Cc1ccc(-c2ccccc2)c(N2CCNC2)c1C(F)(F)F. The highest BCUT2D eigenvalue weighted by molar-refractivity contribution is 5.83. The summed E-state index contributed by atoms with van der Waals surface area (Å²) in [6, 6.07) is 13.4. The molecule has 3 rings (SSSR count). The first-order chi connectivity index (χ1) is 11.0. The number of rotatable bonds is 2. The van der Waals surface area contributed by atoms with E-state index < -0.39 is 11.7 Å². The Morgan fingerprint density at radius 2 is 1.83 bits per heavy atom. The van der Waals surface area contributed by atoms with Gasteiger partial charge in [-0.15, -0.1) is 0 Å². The van der Waals surface area contributed by atoms with Crippen molar-refractivity contribution < 1.29 is 13.2 Å². The predicted molar refractivity (Wildman–Crippen MR) is 81.8 cm³/mol. The number of nitriles is 1. The minimum Gasteiger partial charge on any atom is -0.356 e. The van der Waals surface area contributed by atoms with Crippen molar-refractivity contribution in [3.05, 3.63) is 53.6 Å². The summed E-state index contributed by atoms with van der Waals surface area (Å²) in [6.07, 6.45) is -4.59. The summed E-state index contributed by atoms with van der Waals surface area (Å²) in [5.74, 6) is 0. The molecule has 1 aliphatic heterocycles. The summed E-state index contributed by atoms with van der Waals surface area (Å²) < 4.78 is 40.9. The van der Waals surface area contributed by atoms with Gasteiger partial charge in [0.05, 0.1) is 29.6 Å². The van der Waals surface area contributed by atoms with E-state index in [9.17, 15) is 13.2 Å². The van der Waals surface area contributed by atoms with Crippen LogP contribution in [-0.4, -0.2) is 19.8 Å². The molecule has 0 aromatic heterocycles. The first-order valence-corrected chi connectivity index (χ1v) is 7.18. The first kappa shape index (κ1) is 15.4. The average molecular weight is 317 g/mol. The molecule has 0 radical (unpaired) electrons. The number of anilines is 1. The summed E-state index contributed by atoms with van der Waals surface area (Å²) in [5, 5.41) is 12.2. The highest BCUT2D eigenvalue weighted by Gasteiger charge is 2.39. The zero-order valence-corrected chi connectivity index (χ0v) is 12.2. The molecule has 0 aliphatic carbocycles. The van der Waals surface area contributed by atoms with Gasteiger partial charge in [-0.2, -0.15) is 18.4 Å². The van der Waals surface area contributed by atoms with Crippen LogP contribution in [0.1, 0.15) is 11.1 Å². The fraction of sp³-hybridized carbons (Fsp3) is 0.235. The van der Waals surface area contributed by atoms with E-state index in [1.165, 1.54) is 6.07 Å². The number of hydrogen-bond donors (Lipinski definition) is 1. The molecule has 0 saturated carbocycles. The van der Waals surface area contributed by atoms with E-state index in [4.69, 9.17) is 5.26 Å². The lowest BCUT2D eigenvalue weighted by Gasteiger charge is -2.26. The Kier molecular flexibility index (Phi) is 3.97. The maximum absolute atomic E-state index is 13.6. The van der Waals surface area contributed by atoms with Crippen molar-refractivity contribution in [1.82, 2.24) is 5.32 Å². The number of nitrogens with zero attached hydrogens (tertiary/aromatic N) is 2. The van der Waals surface area contributed by atoms with Crippen LogP contribution in [0.5, 0.6) is 0 Å². The largest absolute Gasteiger partial charge is 0.419 e. The molecule has 0 unspecified atom stereocenters. The van der Waals surface area contributed by atoms with Crippen molar-refractivity contribution in [3.8, 4) is 17.2 Å². The topological polar surface area (TPSA) is 39.1 Å². The highest BCUT2D eigenvalue weighted by Crippen LogP contribution is 2.44. The molecule has 23 heavy (non-hydrogen) atoms. The molecule has 6 heteroatoms. The Morgan fingerprint density at radius 1 is 1.09 bits per heavy atom. The van der Waals surface area contributed by atoms with E-state index in [0.29, 0.717) is 30.9 Å². The molecule has 1 saturated heterocycles. The van der Waals surface area contributed by atoms with Crippen LogP contribution in [0.15, 0.2) is 42.5 Å². The van der Waals surface area contributed by atoms with Crippen LogP contribution in [0.3, 0.4) is 0 Å². The maximum Gasteiger partial charge on any atom is 0.419 e. The van der Waals surface area contributed by atoms with E-state index >= 15 is 0 Å². The quantitative estimate of drug-likeness (QED) is 0.919. The second-order valence-corrected chi connectivity index (χ2v) is 5.28. The summed E-state index contributed by atoms with van der Waals surface area (Å²) in [4.78, 5) is 1.64. The van der Waals surface area contributed by atoms with Crippen LogP contribution in [0.4, 0.5) is 18.9 Å². The molecule has 2 aromatic carbocycles. The van der Waals surface area contributed by atoms with Gasteiger partial charge in [0.15, 0.2) is 0 Å². The summed E-state index contributed by atoms with van der Waals surface area (Å²) >= 11 is 0. The second-order valence-electron chi connectivity index (χ2n) is 5.28. The molecular formula is C17H14F3N3. The maximum atomic E-state index is 13.6. The van der Waals surface area contributed by atoms with E-state index in [-0.39, 0.29) is 11.3 Å². The highest BCUT2D eigenvalue weighted by atomic mass is 19.4. The molecule has 1 fully saturated rings. The lowest BCUT2D eigenvalue weighted by atomic mass is 9.95. The number of nitrogens with one attached hydrogen (secondary N) is 1. The third-order valence-corrected chi connectivity index (χ3v) is 3.84. The number of alkyl halides is 3. The van der Waals surface area contributed by atoms with Crippen LogP contribution in [0.2, 0.25) is 0 Å². The molecule has 1 N–H and O–H groups in total. The molecular weight excluding hydrogens is 303 g/mol. The fourth-order valence-corrected chi connectivity index (χ4v) is 2.85. The van der Waals surface area contributed by atoms with Crippen molar-refractivity contribution in [2.24, 2.45) is 0 Å². The van der Waals surface area contributed by atoms with E-state index in [1.807, 2.05) is 6.07 Å². The fourth-order valence-electron chi connectivity index (χ4n) is 2.85. The summed E-state index contributed by atoms with van der Waals surface area (Å²) in [6.45, 7) is 1.41. The van der Waals surface area contributed by atoms with Crippen LogP contribution < -0.4 is 10.2 Å². The van der Waals surface area contributed by atoms with Gasteiger partial charge in [-0.1, -0.05) is 36.4 Å². The molecule has 3 nitrogen and oxygen atoms in total. The molecule has 0 atom stereocenters. The lowest BCUT2D eigenvalue weighted by molar-refractivity contribution is -0.137. The molecule has 0 amide bonds. The minimum atomic E-state index is -4.59. The number of halogens is 3. The zero-order valence-electron chi connectivity index (χ0n) is 12.2. The number of hydrogen-bond acceptors (Lipinski definition) is 3. The summed E-state index contributed by atoms with van der Waals surface area (Å²) in [7, 11) is 0. The lowest BCUT2D eigenvalue weighted by Crippen LogP contribution is -2.26. The molecule has 0 bridgehead atoms. The van der Waals surface area contributed by atoms with E-state index in [2.05, 4.69) is 5.32 Å². The van der Waals surface area contributed by atoms with Gasteiger partial charge in [0, 0.05) is 18.7 Å². The van der Waals surface area contributed by atoms with Gasteiger partial charge in [0.2, 0.25) is 0 Å². The van der Waals surface area contributed by atoms with Crippen molar-refractivity contribution in [3.63, 3.8) is 0 Å². The monoisotopic (exact) mass is 317 g/mol. The Balaban J connectivity index is 2.31. The van der Waals surface area contributed by atoms with Crippen LogP contribution in [0.25, 0.3) is 11.1 Å². The molecule has 1 heterocycles. The van der Waals surface area contributed by atoms with Crippen LogP contribution in [0, 0.1) is 11.3 Å². The van der Waals surface area contributed by atoms with Gasteiger partial charge in [0.1, 0.15) is 0 Å². The van der Waals surface area contributed by atoms with Gasteiger partial charge >= 0.3 is 6.18 Å².